The molecule has 0 saturated carbocycles. The van der Waals surface area contributed by atoms with Crippen LogP contribution in [0, 0.1) is 0 Å². The van der Waals surface area contributed by atoms with Crippen LogP contribution in [0.4, 0.5) is 0 Å². The maximum atomic E-state index is 5.41. The molecule has 13 heavy (non-hydrogen) atoms. The standard InChI is InChI=1S/C10H12O.C2H6/c1-8-6-11-7-9-4-2-3-5-10(8)9;1-2/h2-5,8H,6-7H2,1H3;1-2H3. The molecule has 1 aliphatic rings. The number of fused-ring (bicyclic) bond motifs is 1. The molecule has 72 valence electrons. The summed E-state index contributed by atoms with van der Waals surface area (Å²) < 4.78 is 5.41. The lowest BCUT2D eigenvalue weighted by Gasteiger charge is -2.21. The number of hydrogen-bond donors (Lipinski definition) is 0. The third kappa shape index (κ3) is 2.31. The Hall–Kier alpha value is -0.820. The van der Waals surface area contributed by atoms with E-state index in [1.54, 1.807) is 0 Å². The van der Waals surface area contributed by atoms with Crippen LogP contribution in [0.1, 0.15) is 37.8 Å². The maximum absolute atomic E-state index is 5.41. The van der Waals surface area contributed by atoms with E-state index in [9.17, 15) is 0 Å². The van der Waals surface area contributed by atoms with Crippen LogP contribution in [0.15, 0.2) is 24.3 Å². The van der Waals surface area contributed by atoms with E-state index in [0.29, 0.717) is 5.92 Å². The van der Waals surface area contributed by atoms with E-state index in [0.717, 1.165) is 13.2 Å². The molecule has 0 bridgehead atoms. The van der Waals surface area contributed by atoms with Crippen LogP contribution in [0.5, 0.6) is 0 Å². The number of rotatable bonds is 0. The van der Waals surface area contributed by atoms with E-state index in [4.69, 9.17) is 4.74 Å². The van der Waals surface area contributed by atoms with E-state index < -0.39 is 0 Å². The van der Waals surface area contributed by atoms with Gasteiger partial charge in [-0.15, -0.1) is 0 Å². The summed E-state index contributed by atoms with van der Waals surface area (Å²) in [5, 5.41) is 0. The summed E-state index contributed by atoms with van der Waals surface area (Å²) in [6.07, 6.45) is 0. The van der Waals surface area contributed by atoms with Crippen molar-refractivity contribution >= 4 is 0 Å². The zero-order valence-corrected chi connectivity index (χ0v) is 8.71. The first kappa shape index (κ1) is 10.3. The zero-order chi connectivity index (χ0) is 9.68. The van der Waals surface area contributed by atoms with E-state index in [-0.39, 0.29) is 0 Å². The van der Waals surface area contributed by atoms with E-state index in [2.05, 4.69) is 31.2 Å². The summed E-state index contributed by atoms with van der Waals surface area (Å²) in [7, 11) is 0. The SMILES string of the molecule is CC.CC1COCc2ccccc21. The second-order valence-corrected chi connectivity index (χ2v) is 3.11. The first-order chi connectivity index (χ1) is 6.38. The largest absolute Gasteiger partial charge is 0.376 e. The average Bonchev–Trinajstić information content (AvgIpc) is 2.22. The van der Waals surface area contributed by atoms with Gasteiger partial charge in [-0.25, -0.2) is 0 Å². The molecule has 1 heteroatoms. The molecule has 1 aliphatic heterocycles. The van der Waals surface area contributed by atoms with Gasteiger partial charge in [0.2, 0.25) is 0 Å². The van der Waals surface area contributed by atoms with Crippen molar-refractivity contribution in [3.63, 3.8) is 0 Å². The van der Waals surface area contributed by atoms with Crippen molar-refractivity contribution in [3.05, 3.63) is 35.4 Å². The van der Waals surface area contributed by atoms with Crippen molar-refractivity contribution < 1.29 is 4.74 Å². The highest BCUT2D eigenvalue weighted by molar-refractivity contribution is 5.30. The summed E-state index contributed by atoms with van der Waals surface area (Å²) >= 11 is 0. The fourth-order valence-electron chi connectivity index (χ4n) is 1.58. The Labute approximate surface area is 80.7 Å². The number of benzene rings is 1. The summed E-state index contributed by atoms with van der Waals surface area (Å²) in [6, 6.07) is 8.51. The molecule has 1 atom stereocenters. The van der Waals surface area contributed by atoms with Crippen LogP contribution in [0.3, 0.4) is 0 Å². The number of hydrogen-bond acceptors (Lipinski definition) is 1. The average molecular weight is 178 g/mol. The Kier molecular flexibility index (Phi) is 3.97. The minimum absolute atomic E-state index is 0.569. The highest BCUT2D eigenvalue weighted by atomic mass is 16.5. The molecule has 0 radical (unpaired) electrons. The molecule has 1 aromatic carbocycles. The molecule has 0 amide bonds. The lowest BCUT2D eigenvalue weighted by molar-refractivity contribution is 0.0951. The molecule has 0 aromatic heterocycles. The number of ether oxygens (including phenoxy) is 1. The minimum Gasteiger partial charge on any atom is -0.376 e. The van der Waals surface area contributed by atoms with Crippen LogP contribution in [0.2, 0.25) is 0 Å². The molecule has 0 saturated heterocycles. The predicted molar refractivity (Wildman–Crippen MR) is 55.9 cm³/mol. The molecule has 0 spiro atoms. The third-order valence-corrected chi connectivity index (χ3v) is 2.21. The molecule has 0 fully saturated rings. The summed E-state index contributed by atoms with van der Waals surface area (Å²) in [5.74, 6) is 0.569. The molecular weight excluding hydrogens is 160 g/mol. The van der Waals surface area contributed by atoms with Crippen molar-refractivity contribution in [1.82, 2.24) is 0 Å². The van der Waals surface area contributed by atoms with Gasteiger partial charge in [0.05, 0.1) is 13.2 Å². The van der Waals surface area contributed by atoms with Crippen LogP contribution in [-0.4, -0.2) is 6.61 Å². The molecule has 1 heterocycles. The molecule has 2 rings (SSSR count). The normalized spacial score (nSPS) is 19.8. The summed E-state index contributed by atoms with van der Waals surface area (Å²) in [6.45, 7) is 7.87. The molecular formula is C12H18O. The molecule has 1 aromatic rings. The highest BCUT2D eigenvalue weighted by Gasteiger charge is 2.14. The Bertz CT molecular complexity index is 255. The first-order valence-electron chi connectivity index (χ1n) is 5.03. The zero-order valence-electron chi connectivity index (χ0n) is 8.71. The molecule has 1 unspecified atom stereocenters. The van der Waals surface area contributed by atoms with Gasteiger partial charge in [0.15, 0.2) is 0 Å². The quantitative estimate of drug-likeness (QED) is 0.592. The van der Waals surface area contributed by atoms with E-state index >= 15 is 0 Å². The molecule has 0 N–H and O–H groups in total. The predicted octanol–water partition coefficient (Wildman–Crippen LogP) is 3.35. The van der Waals surface area contributed by atoms with Gasteiger partial charge in [0.1, 0.15) is 0 Å². The second kappa shape index (κ2) is 5.03. The summed E-state index contributed by atoms with van der Waals surface area (Å²) in [4.78, 5) is 0. The van der Waals surface area contributed by atoms with Gasteiger partial charge < -0.3 is 4.74 Å². The lowest BCUT2D eigenvalue weighted by atomic mass is 9.95. The second-order valence-electron chi connectivity index (χ2n) is 3.11. The van der Waals surface area contributed by atoms with Crippen LogP contribution in [-0.2, 0) is 11.3 Å². The minimum atomic E-state index is 0.569. The van der Waals surface area contributed by atoms with Gasteiger partial charge >= 0.3 is 0 Å². The highest BCUT2D eigenvalue weighted by Crippen LogP contribution is 2.25. The van der Waals surface area contributed by atoms with Crippen molar-refractivity contribution in [3.8, 4) is 0 Å². The van der Waals surface area contributed by atoms with Crippen molar-refractivity contribution in [2.45, 2.75) is 33.3 Å². The third-order valence-electron chi connectivity index (χ3n) is 2.21. The molecule has 1 nitrogen and oxygen atoms in total. The summed E-state index contributed by atoms with van der Waals surface area (Å²) in [5.41, 5.74) is 2.81. The van der Waals surface area contributed by atoms with E-state index in [1.165, 1.54) is 11.1 Å². The van der Waals surface area contributed by atoms with Gasteiger partial charge in [-0.1, -0.05) is 45.0 Å². The van der Waals surface area contributed by atoms with Gasteiger partial charge in [-0.05, 0) is 11.1 Å². The lowest BCUT2D eigenvalue weighted by Crippen LogP contribution is -2.13. The Balaban J connectivity index is 0.000000396. The Morgan fingerprint density at radius 3 is 2.62 bits per heavy atom. The van der Waals surface area contributed by atoms with E-state index in [1.807, 2.05) is 13.8 Å². The van der Waals surface area contributed by atoms with Crippen molar-refractivity contribution in [2.75, 3.05) is 6.61 Å². The van der Waals surface area contributed by atoms with Crippen molar-refractivity contribution in [2.24, 2.45) is 0 Å². The maximum Gasteiger partial charge on any atom is 0.0719 e. The van der Waals surface area contributed by atoms with Crippen LogP contribution < -0.4 is 0 Å². The van der Waals surface area contributed by atoms with Crippen LogP contribution >= 0.6 is 0 Å². The van der Waals surface area contributed by atoms with Crippen molar-refractivity contribution in [1.29, 1.82) is 0 Å². The Morgan fingerprint density at radius 2 is 1.92 bits per heavy atom. The Morgan fingerprint density at radius 1 is 1.23 bits per heavy atom. The fraction of sp³-hybridized carbons (Fsp3) is 0.500. The topological polar surface area (TPSA) is 9.23 Å². The van der Waals surface area contributed by atoms with Gasteiger partial charge in [-0.3, -0.25) is 0 Å². The smallest absolute Gasteiger partial charge is 0.0719 e. The van der Waals surface area contributed by atoms with Crippen LogP contribution in [0.25, 0.3) is 0 Å². The molecule has 0 aliphatic carbocycles. The first-order valence-corrected chi connectivity index (χ1v) is 5.03. The van der Waals surface area contributed by atoms with Gasteiger partial charge in [0.25, 0.3) is 0 Å². The van der Waals surface area contributed by atoms with Gasteiger partial charge in [-0.2, -0.15) is 0 Å². The monoisotopic (exact) mass is 178 g/mol. The van der Waals surface area contributed by atoms with Gasteiger partial charge in [0, 0.05) is 5.92 Å². The fourth-order valence-corrected chi connectivity index (χ4v) is 1.58.